The second-order valence-electron chi connectivity index (χ2n) is 5.34. The van der Waals surface area contributed by atoms with E-state index < -0.39 is 0 Å². The molecule has 0 aromatic rings. The molecule has 2 N–H and O–H groups in total. The zero-order valence-corrected chi connectivity index (χ0v) is 9.47. The van der Waals surface area contributed by atoms with E-state index >= 15 is 0 Å². The summed E-state index contributed by atoms with van der Waals surface area (Å²) in [5.74, 6) is 0. The highest BCUT2D eigenvalue weighted by atomic mass is 15.2. The highest BCUT2D eigenvalue weighted by Gasteiger charge is 2.37. The summed E-state index contributed by atoms with van der Waals surface area (Å²) in [6.07, 6.45) is 8.26. The van der Waals surface area contributed by atoms with Crippen LogP contribution in [0, 0.1) is 5.41 Å². The van der Waals surface area contributed by atoms with Gasteiger partial charge in [0.15, 0.2) is 0 Å². The Labute approximate surface area is 87.8 Å². The maximum Gasteiger partial charge on any atom is 0.0168 e. The topological polar surface area (TPSA) is 29.3 Å². The standard InChI is InChI=1S/C12H24N2/c1-2-12(6-4-7-12)10-14-8-3-5-11(13)9-14/h11H,2-10,13H2,1H3. The van der Waals surface area contributed by atoms with Gasteiger partial charge in [0, 0.05) is 19.1 Å². The number of nitrogens with two attached hydrogens (primary N) is 1. The lowest BCUT2D eigenvalue weighted by atomic mass is 9.66. The zero-order valence-electron chi connectivity index (χ0n) is 9.47. The molecule has 1 heterocycles. The van der Waals surface area contributed by atoms with Gasteiger partial charge in [-0.1, -0.05) is 13.3 Å². The predicted octanol–water partition coefficient (Wildman–Crippen LogP) is 1.99. The first kappa shape index (κ1) is 10.4. The van der Waals surface area contributed by atoms with Crippen LogP contribution in [0.4, 0.5) is 0 Å². The molecule has 2 rings (SSSR count). The van der Waals surface area contributed by atoms with E-state index in [1.54, 1.807) is 0 Å². The molecule has 1 unspecified atom stereocenters. The van der Waals surface area contributed by atoms with Crippen molar-refractivity contribution in [2.24, 2.45) is 11.1 Å². The zero-order chi connectivity index (χ0) is 10.0. The molecule has 2 fully saturated rings. The monoisotopic (exact) mass is 196 g/mol. The molecule has 0 bridgehead atoms. The van der Waals surface area contributed by atoms with Gasteiger partial charge >= 0.3 is 0 Å². The SMILES string of the molecule is CCC1(CN2CCCC(N)C2)CCC1. The van der Waals surface area contributed by atoms with Gasteiger partial charge in [0.25, 0.3) is 0 Å². The van der Waals surface area contributed by atoms with Crippen LogP contribution in [0.5, 0.6) is 0 Å². The molecule has 2 heteroatoms. The molecule has 1 aliphatic carbocycles. The third kappa shape index (κ3) is 2.12. The molecule has 1 atom stereocenters. The van der Waals surface area contributed by atoms with Crippen molar-refractivity contribution in [1.82, 2.24) is 4.90 Å². The van der Waals surface area contributed by atoms with Gasteiger partial charge in [-0.25, -0.2) is 0 Å². The fourth-order valence-electron chi connectivity index (χ4n) is 3.01. The van der Waals surface area contributed by atoms with Crippen molar-refractivity contribution in [2.45, 2.75) is 51.5 Å². The van der Waals surface area contributed by atoms with E-state index in [0.717, 1.165) is 6.54 Å². The second-order valence-corrected chi connectivity index (χ2v) is 5.34. The number of rotatable bonds is 3. The van der Waals surface area contributed by atoms with Crippen molar-refractivity contribution in [3.8, 4) is 0 Å². The van der Waals surface area contributed by atoms with E-state index in [1.807, 2.05) is 0 Å². The quantitative estimate of drug-likeness (QED) is 0.748. The van der Waals surface area contributed by atoms with Gasteiger partial charge in [0.2, 0.25) is 0 Å². The molecule has 1 aliphatic heterocycles. The van der Waals surface area contributed by atoms with Crippen LogP contribution >= 0.6 is 0 Å². The molecule has 2 aliphatic rings. The van der Waals surface area contributed by atoms with Crippen LogP contribution in [0.25, 0.3) is 0 Å². The summed E-state index contributed by atoms with van der Waals surface area (Å²) < 4.78 is 0. The molecule has 0 radical (unpaired) electrons. The minimum Gasteiger partial charge on any atom is -0.327 e. The van der Waals surface area contributed by atoms with E-state index in [0.29, 0.717) is 11.5 Å². The van der Waals surface area contributed by atoms with Gasteiger partial charge < -0.3 is 10.6 Å². The largest absolute Gasteiger partial charge is 0.327 e. The first-order chi connectivity index (χ1) is 6.74. The Morgan fingerprint density at radius 1 is 1.36 bits per heavy atom. The van der Waals surface area contributed by atoms with Crippen LogP contribution < -0.4 is 5.73 Å². The van der Waals surface area contributed by atoms with E-state index in [2.05, 4.69) is 11.8 Å². The van der Waals surface area contributed by atoms with Crippen molar-refractivity contribution in [3.63, 3.8) is 0 Å². The molecule has 1 saturated heterocycles. The lowest BCUT2D eigenvalue weighted by Gasteiger charge is -2.46. The summed E-state index contributed by atoms with van der Waals surface area (Å²) in [5, 5.41) is 0. The average molecular weight is 196 g/mol. The van der Waals surface area contributed by atoms with Gasteiger partial charge in [-0.05, 0) is 44.1 Å². The van der Waals surface area contributed by atoms with Crippen LogP contribution in [0.3, 0.4) is 0 Å². The van der Waals surface area contributed by atoms with Gasteiger partial charge in [-0.3, -0.25) is 0 Å². The second kappa shape index (κ2) is 4.19. The number of nitrogens with zero attached hydrogens (tertiary/aromatic N) is 1. The third-order valence-corrected chi connectivity index (χ3v) is 4.27. The molecule has 82 valence electrons. The Hall–Kier alpha value is -0.0800. The van der Waals surface area contributed by atoms with Gasteiger partial charge in [-0.15, -0.1) is 0 Å². The fourth-order valence-corrected chi connectivity index (χ4v) is 3.01. The predicted molar refractivity (Wildman–Crippen MR) is 60.2 cm³/mol. The molecular weight excluding hydrogens is 172 g/mol. The molecule has 2 nitrogen and oxygen atoms in total. The number of likely N-dealkylation sites (tertiary alicyclic amines) is 1. The van der Waals surface area contributed by atoms with Gasteiger partial charge in [-0.2, -0.15) is 0 Å². The van der Waals surface area contributed by atoms with Gasteiger partial charge in [0.05, 0.1) is 0 Å². The fraction of sp³-hybridized carbons (Fsp3) is 1.00. The van der Waals surface area contributed by atoms with Crippen molar-refractivity contribution in [3.05, 3.63) is 0 Å². The number of hydrogen-bond acceptors (Lipinski definition) is 2. The van der Waals surface area contributed by atoms with Crippen molar-refractivity contribution < 1.29 is 0 Å². The summed E-state index contributed by atoms with van der Waals surface area (Å²) in [7, 11) is 0. The van der Waals surface area contributed by atoms with E-state index in [1.165, 1.54) is 51.6 Å². The van der Waals surface area contributed by atoms with Crippen LogP contribution in [-0.2, 0) is 0 Å². The summed E-state index contributed by atoms with van der Waals surface area (Å²) in [6, 6.07) is 0.442. The lowest BCUT2D eigenvalue weighted by Crippen LogP contribution is -2.49. The van der Waals surface area contributed by atoms with Crippen LogP contribution in [0.15, 0.2) is 0 Å². The Morgan fingerprint density at radius 2 is 2.14 bits per heavy atom. The molecule has 0 aromatic heterocycles. The van der Waals surface area contributed by atoms with E-state index in [4.69, 9.17) is 5.73 Å². The summed E-state index contributed by atoms with van der Waals surface area (Å²) in [5.41, 5.74) is 6.68. The molecule has 14 heavy (non-hydrogen) atoms. The van der Waals surface area contributed by atoms with Crippen molar-refractivity contribution >= 4 is 0 Å². The summed E-state index contributed by atoms with van der Waals surface area (Å²) >= 11 is 0. The maximum absolute atomic E-state index is 6.00. The average Bonchev–Trinajstić information content (AvgIpc) is 2.11. The molecule has 0 aromatic carbocycles. The molecular formula is C12H24N2. The van der Waals surface area contributed by atoms with Crippen LogP contribution in [0.2, 0.25) is 0 Å². The normalized spacial score (nSPS) is 32.6. The van der Waals surface area contributed by atoms with Gasteiger partial charge in [0.1, 0.15) is 0 Å². The smallest absolute Gasteiger partial charge is 0.0168 e. The number of hydrogen-bond donors (Lipinski definition) is 1. The van der Waals surface area contributed by atoms with Crippen LogP contribution in [-0.4, -0.2) is 30.6 Å². The number of piperidine rings is 1. The third-order valence-electron chi connectivity index (χ3n) is 4.27. The summed E-state index contributed by atoms with van der Waals surface area (Å²) in [6.45, 7) is 6.09. The van der Waals surface area contributed by atoms with Crippen molar-refractivity contribution in [1.29, 1.82) is 0 Å². The minimum atomic E-state index is 0.442. The highest BCUT2D eigenvalue weighted by Crippen LogP contribution is 2.44. The molecule has 0 amide bonds. The Bertz CT molecular complexity index is 181. The Morgan fingerprint density at radius 3 is 2.64 bits per heavy atom. The van der Waals surface area contributed by atoms with E-state index in [9.17, 15) is 0 Å². The highest BCUT2D eigenvalue weighted by molar-refractivity contribution is 4.90. The van der Waals surface area contributed by atoms with Crippen molar-refractivity contribution in [2.75, 3.05) is 19.6 Å². The maximum atomic E-state index is 6.00. The minimum absolute atomic E-state index is 0.442. The first-order valence-corrected chi connectivity index (χ1v) is 6.22. The van der Waals surface area contributed by atoms with Crippen LogP contribution in [0.1, 0.15) is 45.4 Å². The molecule has 0 spiro atoms. The Kier molecular flexibility index (Phi) is 3.13. The lowest BCUT2D eigenvalue weighted by molar-refractivity contribution is 0.0495. The summed E-state index contributed by atoms with van der Waals surface area (Å²) in [4.78, 5) is 2.61. The molecule has 1 saturated carbocycles. The van der Waals surface area contributed by atoms with E-state index in [-0.39, 0.29) is 0 Å². The Balaban J connectivity index is 1.83. The first-order valence-electron chi connectivity index (χ1n) is 6.22.